The molecule has 0 aliphatic carbocycles. The summed E-state index contributed by atoms with van der Waals surface area (Å²) < 4.78 is 37.1. The van der Waals surface area contributed by atoms with Gasteiger partial charge >= 0.3 is 6.18 Å². The smallest absolute Gasteiger partial charge is 0.390 e. The van der Waals surface area contributed by atoms with Crippen molar-refractivity contribution < 1.29 is 18.3 Å². The number of hydrogen-bond acceptors (Lipinski definition) is 2. The summed E-state index contributed by atoms with van der Waals surface area (Å²) in [7, 11) is 0. The molecule has 0 heterocycles. The molecule has 96 valence electrons. The Balaban J connectivity index is 2.78. The quantitative estimate of drug-likeness (QED) is 0.860. The van der Waals surface area contributed by atoms with Crippen LogP contribution in [0.2, 0.25) is 5.02 Å². The van der Waals surface area contributed by atoms with Crippen molar-refractivity contribution >= 4 is 11.6 Å². The van der Waals surface area contributed by atoms with Crippen LogP contribution in [0.25, 0.3) is 0 Å². The summed E-state index contributed by atoms with van der Waals surface area (Å²) in [4.78, 5) is 0. The second-order valence-electron chi connectivity index (χ2n) is 3.60. The summed E-state index contributed by atoms with van der Waals surface area (Å²) in [6.07, 6.45) is -5.23. The topological polar surface area (TPSA) is 32.3 Å². The molecule has 1 aromatic rings. The van der Waals surface area contributed by atoms with E-state index < -0.39 is 18.6 Å². The van der Waals surface area contributed by atoms with Gasteiger partial charge in [0.25, 0.3) is 0 Å². The van der Waals surface area contributed by atoms with Crippen molar-refractivity contribution in [3.05, 3.63) is 34.9 Å². The van der Waals surface area contributed by atoms with Crippen LogP contribution in [0.1, 0.15) is 18.0 Å². The molecular weight excluding hydrogens is 255 g/mol. The monoisotopic (exact) mass is 267 g/mol. The molecule has 0 aliphatic rings. The van der Waals surface area contributed by atoms with E-state index in [1.807, 2.05) is 0 Å². The van der Waals surface area contributed by atoms with E-state index in [0.29, 0.717) is 10.6 Å². The van der Waals surface area contributed by atoms with Crippen LogP contribution in [0.15, 0.2) is 24.3 Å². The van der Waals surface area contributed by atoms with Crippen molar-refractivity contribution in [2.24, 2.45) is 0 Å². The average molecular weight is 268 g/mol. The van der Waals surface area contributed by atoms with Gasteiger partial charge in [0.2, 0.25) is 0 Å². The zero-order valence-electron chi connectivity index (χ0n) is 8.97. The molecular formula is C11H13ClF3NO. The first-order valence-electron chi connectivity index (χ1n) is 5.09. The number of alkyl halides is 3. The largest absolute Gasteiger partial charge is 0.395 e. The number of aliphatic hydroxyl groups excluding tert-OH is 1. The molecule has 0 aliphatic heterocycles. The lowest BCUT2D eigenvalue weighted by Gasteiger charge is -2.20. The van der Waals surface area contributed by atoms with Gasteiger partial charge in [-0.1, -0.05) is 23.7 Å². The molecule has 2 nitrogen and oxygen atoms in total. The molecule has 2 N–H and O–H groups in total. The highest BCUT2D eigenvalue weighted by Crippen LogP contribution is 2.29. The van der Waals surface area contributed by atoms with Gasteiger partial charge in [0.1, 0.15) is 0 Å². The Morgan fingerprint density at radius 1 is 1.24 bits per heavy atom. The minimum Gasteiger partial charge on any atom is -0.395 e. The number of aliphatic hydroxyl groups is 1. The van der Waals surface area contributed by atoms with Gasteiger partial charge in [-0.2, -0.15) is 13.2 Å². The second kappa shape index (κ2) is 6.23. The molecule has 1 rings (SSSR count). The molecule has 0 bridgehead atoms. The van der Waals surface area contributed by atoms with Gasteiger partial charge in [0, 0.05) is 17.6 Å². The number of benzene rings is 1. The molecule has 17 heavy (non-hydrogen) atoms. The first-order valence-corrected chi connectivity index (χ1v) is 5.46. The van der Waals surface area contributed by atoms with Crippen LogP contribution in [0, 0.1) is 0 Å². The second-order valence-corrected chi connectivity index (χ2v) is 4.04. The van der Waals surface area contributed by atoms with Crippen molar-refractivity contribution in [2.45, 2.75) is 18.6 Å². The van der Waals surface area contributed by atoms with Crippen LogP contribution in [-0.2, 0) is 0 Å². The summed E-state index contributed by atoms with van der Waals surface area (Å²) in [5, 5.41) is 11.8. The molecule has 0 fully saturated rings. The van der Waals surface area contributed by atoms with Crippen LogP contribution in [0.4, 0.5) is 13.2 Å². The first kappa shape index (κ1) is 14.3. The van der Waals surface area contributed by atoms with E-state index in [4.69, 9.17) is 16.7 Å². The fourth-order valence-electron chi connectivity index (χ4n) is 1.47. The summed E-state index contributed by atoms with van der Waals surface area (Å²) in [6.45, 7) is -0.0919. The number of nitrogens with one attached hydrogen (secondary N) is 1. The lowest BCUT2D eigenvalue weighted by atomic mass is 10.0. The number of rotatable bonds is 5. The normalized spacial score (nSPS) is 13.7. The van der Waals surface area contributed by atoms with Crippen molar-refractivity contribution in [2.75, 3.05) is 13.2 Å². The van der Waals surface area contributed by atoms with E-state index in [-0.39, 0.29) is 13.2 Å². The van der Waals surface area contributed by atoms with E-state index in [1.54, 1.807) is 24.3 Å². The van der Waals surface area contributed by atoms with Crippen molar-refractivity contribution in [1.82, 2.24) is 5.32 Å². The third-order valence-electron chi connectivity index (χ3n) is 2.21. The van der Waals surface area contributed by atoms with Gasteiger partial charge in [-0.15, -0.1) is 0 Å². The van der Waals surface area contributed by atoms with Crippen LogP contribution in [0.5, 0.6) is 0 Å². The van der Waals surface area contributed by atoms with Crippen LogP contribution in [0.3, 0.4) is 0 Å². The van der Waals surface area contributed by atoms with E-state index in [0.717, 1.165) is 0 Å². The SMILES string of the molecule is OCCNC(CC(F)(F)F)c1ccc(Cl)cc1. The summed E-state index contributed by atoms with van der Waals surface area (Å²) >= 11 is 5.67. The van der Waals surface area contributed by atoms with Gasteiger partial charge < -0.3 is 10.4 Å². The number of halogens is 4. The average Bonchev–Trinajstić information content (AvgIpc) is 2.24. The summed E-state index contributed by atoms with van der Waals surface area (Å²) in [5.74, 6) is 0. The highest BCUT2D eigenvalue weighted by Gasteiger charge is 2.32. The highest BCUT2D eigenvalue weighted by molar-refractivity contribution is 6.30. The molecule has 1 unspecified atom stereocenters. The third-order valence-corrected chi connectivity index (χ3v) is 2.46. The predicted octanol–water partition coefficient (Wildman–Crippen LogP) is 2.92. The maximum atomic E-state index is 12.4. The third kappa shape index (κ3) is 5.39. The number of hydrogen-bond donors (Lipinski definition) is 2. The van der Waals surface area contributed by atoms with Gasteiger partial charge in [-0.05, 0) is 17.7 Å². The first-order chi connectivity index (χ1) is 7.92. The fourth-order valence-corrected chi connectivity index (χ4v) is 1.60. The van der Waals surface area contributed by atoms with Crippen LogP contribution < -0.4 is 5.32 Å². The van der Waals surface area contributed by atoms with Gasteiger partial charge in [0.15, 0.2) is 0 Å². The minimum atomic E-state index is -4.26. The Hall–Kier alpha value is -0.780. The van der Waals surface area contributed by atoms with Gasteiger partial charge in [-0.25, -0.2) is 0 Å². The van der Waals surface area contributed by atoms with Crippen molar-refractivity contribution in [1.29, 1.82) is 0 Å². The Morgan fingerprint density at radius 2 is 1.82 bits per heavy atom. The van der Waals surface area contributed by atoms with E-state index >= 15 is 0 Å². The molecule has 1 aromatic carbocycles. The van der Waals surface area contributed by atoms with E-state index in [2.05, 4.69) is 5.32 Å². The van der Waals surface area contributed by atoms with Gasteiger partial charge in [0.05, 0.1) is 13.0 Å². The molecule has 6 heteroatoms. The van der Waals surface area contributed by atoms with Gasteiger partial charge in [-0.3, -0.25) is 0 Å². The van der Waals surface area contributed by atoms with Crippen molar-refractivity contribution in [3.63, 3.8) is 0 Å². The zero-order chi connectivity index (χ0) is 12.9. The van der Waals surface area contributed by atoms with Crippen LogP contribution in [-0.4, -0.2) is 24.4 Å². The highest BCUT2D eigenvalue weighted by atomic mass is 35.5. The summed E-state index contributed by atoms with van der Waals surface area (Å²) in [6, 6.07) is 5.31. The Bertz CT molecular complexity index is 340. The zero-order valence-corrected chi connectivity index (χ0v) is 9.72. The minimum absolute atomic E-state index is 0.114. The Morgan fingerprint density at radius 3 is 2.29 bits per heavy atom. The van der Waals surface area contributed by atoms with E-state index in [9.17, 15) is 13.2 Å². The molecule has 0 saturated carbocycles. The lowest BCUT2D eigenvalue weighted by molar-refractivity contribution is -0.140. The molecule has 0 radical (unpaired) electrons. The standard InChI is InChI=1S/C11H13ClF3NO/c12-9-3-1-8(2-4-9)10(16-5-6-17)7-11(13,14)15/h1-4,10,16-17H,5-7H2. The molecule has 0 spiro atoms. The molecule has 1 atom stereocenters. The van der Waals surface area contributed by atoms with E-state index in [1.165, 1.54) is 0 Å². The van der Waals surface area contributed by atoms with Crippen LogP contribution >= 0.6 is 11.6 Å². The lowest BCUT2D eigenvalue weighted by Crippen LogP contribution is -2.28. The molecule has 0 aromatic heterocycles. The molecule has 0 amide bonds. The Labute approximate surface area is 102 Å². The maximum absolute atomic E-state index is 12.4. The maximum Gasteiger partial charge on any atom is 0.390 e. The molecule has 0 saturated heterocycles. The predicted molar refractivity (Wildman–Crippen MR) is 60.0 cm³/mol. The summed E-state index contributed by atoms with van der Waals surface area (Å²) in [5.41, 5.74) is 0.500. The Kier molecular flexibility index (Phi) is 5.24. The van der Waals surface area contributed by atoms with Crippen molar-refractivity contribution in [3.8, 4) is 0 Å². The fraction of sp³-hybridized carbons (Fsp3) is 0.455.